The van der Waals surface area contributed by atoms with Gasteiger partial charge in [0.1, 0.15) is 0 Å². The first-order valence-corrected chi connectivity index (χ1v) is 5.62. The molecule has 1 unspecified atom stereocenters. The third-order valence-electron chi connectivity index (χ3n) is 2.40. The van der Waals surface area contributed by atoms with Gasteiger partial charge in [0.05, 0.1) is 16.9 Å². The molecule has 0 radical (unpaired) electrons. The number of rotatable bonds is 1. The first-order valence-electron chi connectivity index (χ1n) is 4.07. The van der Waals surface area contributed by atoms with Gasteiger partial charge in [-0.3, -0.25) is 0 Å². The SMILES string of the molecule is N#CC1Cc2ccc(S(N)(=O)=O)cc21. The second-order valence-electron chi connectivity index (χ2n) is 3.29. The summed E-state index contributed by atoms with van der Waals surface area (Å²) in [6.07, 6.45) is 0.705. The van der Waals surface area contributed by atoms with Gasteiger partial charge in [0.2, 0.25) is 10.0 Å². The van der Waals surface area contributed by atoms with Crippen LogP contribution >= 0.6 is 0 Å². The summed E-state index contributed by atoms with van der Waals surface area (Å²) in [5, 5.41) is 13.7. The van der Waals surface area contributed by atoms with Crippen LogP contribution in [0.15, 0.2) is 23.1 Å². The van der Waals surface area contributed by atoms with Crippen molar-refractivity contribution in [1.82, 2.24) is 0 Å². The van der Waals surface area contributed by atoms with E-state index in [1.807, 2.05) is 0 Å². The predicted octanol–water partition coefficient (Wildman–Crippen LogP) is 0.497. The first-order chi connectivity index (χ1) is 6.52. The van der Waals surface area contributed by atoms with Crippen LogP contribution in [0.4, 0.5) is 0 Å². The van der Waals surface area contributed by atoms with E-state index in [9.17, 15) is 8.42 Å². The zero-order valence-electron chi connectivity index (χ0n) is 7.27. The highest BCUT2D eigenvalue weighted by Crippen LogP contribution is 2.35. The van der Waals surface area contributed by atoms with Gasteiger partial charge in [0.25, 0.3) is 0 Å². The minimum Gasteiger partial charge on any atom is -0.225 e. The molecule has 0 saturated carbocycles. The van der Waals surface area contributed by atoms with E-state index in [-0.39, 0.29) is 10.8 Å². The minimum atomic E-state index is -3.65. The van der Waals surface area contributed by atoms with E-state index in [2.05, 4.69) is 6.07 Å². The number of nitrogens with two attached hydrogens (primary N) is 1. The smallest absolute Gasteiger partial charge is 0.225 e. The quantitative estimate of drug-likeness (QED) is 0.729. The van der Waals surface area contributed by atoms with E-state index in [0.717, 1.165) is 11.1 Å². The number of hydrogen-bond donors (Lipinski definition) is 1. The van der Waals surface area contributed by atoms with Crippen LogP contribution < -0.4 is 5.14 Å². The summed E-state index contributed by atoms with van der Waals surface area (Å²) in [5.41, 5.74) is 1.82. The molecule has 1 aliphatic carbocycles. The summed E-state index contributed by atoms with van der Waals surface area (Å²) in [6.45, 7) is 0. The van der Waals surface area contributed by atoms with Crippen molar-refractivity contribution in [3.05, 3.63) is 29.3 Å². The van der Waals surface area contributed by atoms with Crippen molar-refractivity contribution in [2.24, 2.45) is 5.14 Å². The second kappa shape index (κ2) is 2.80. The van der Waals surface area contributed by atoms with Gasteiger partial charge in [-0.2, -0.15) is 5.26 Å². The summed E-state index contributed by atoms with van der Waals surface area (Å²) in [6, 6.07) is 6.77. The van der Waals surface area contributed by atoms with E-state index in [4.69, 9.17) is 10.4 Å². The van der Waals surface area contributed by atoms with Crippen molar-refractivity contribution in [3.8, 4) is 6.07 Å². The zero-order chi connectivity index (χ0) is 10.3. The molecule has 0 saturated heterocycles. The zero-order valence-corrected chi connectivity index (χ0v) is 8.08. The van der Waals surface area contributed by atoms with Gasteiger partial charge in [-0.25, -0.2) is 13.6 Å². The van der Waals surface area contributed by atoms with Crippen LogP contribution in [0.2, 0.25) is 0 Å². The monoisotopic (exact) mass is 208 g/mol. The van der Waals surface area contributed by atoms with Crippen LogP contribution in [0.25, 0.3) is 0 Å². The van der Waals surface area contributed by atoms with Gasteiger partial charge in [-0.05, 0) is 29.7 Å². The molecule has 0 spiro atoms. The molecule has 72 valence electrons. The third-order valence-corrected chi connectivity index (χ3v) is 3.31. The van der Waals surface area contributed by atoms with E-state index < -0.39 is 10.0 Å². The lowest BCUT2D eigenvalue weighted by Crippen LogP contribution is -2.18. The van der Waals surface area contributed by atoms with Gasteiger partial charge in [0.15, 0.2) is 0 Å². The molecule has 0 fully saturated rings. The molecule has 0 aromatic heterocycles. The van der Waals surface area contributed by atoms with E-state index in [1.165, 1.54) is 12.1 Å². The minimum absolute atomic E-state index is 0.0798. The summed E-state index contributed by atoms with van der Waals surface area (Å²) in [7, 11) is -3.65. The average molecular weight is 208 g/mol. The number of benzene rings is 1. The van der Waals surface area contributed by atoms with E-state index in [1.54, 1.807) is 6.07 Å². The summed E-state index contributed by atoms with van der Waals surface area (Å²) >= 11 is 0. The standard InChI is InChI=1S/C9H8N2O2S/c10-5-7-3-6-1-2-8(4-9(6)7)14(11,12)13/h1-2,4,7H,3H2,(H2,11,12,13). The average Bonchev–Trinajstić information content (AvgIpc) is 2.05. The van der Waals surface area contributed by atoms with Gasteiger partial charge >= 0.3 is 0 Å². The molecular formula is C9H8N2O2S. The summed E-state index contributed by atoms with van der Waals surface area (Å²) in [5.74, 6) is -0.174. The van der Waals surface area contributed by atoms with E-state index >= 15 is 0 Å². The lowest BCUT2D eigenvalue weighted by Gasteiger charge is -2.24. The summed E-state index contributed by atoms with van der Waals surface area (Å²) < 4.78 is 22.0. The molecule has 2 N–H and O–H groups in total. The van der Waals surface area contributed by atoms with Crippen molar-refractivity contribution in [1.29, 1.82) is 5.26 Å². The van der Waals surface area contributed by atoms with Crippen molar-refractivity contribution >= 4 is 10.0 Å². The van der Waals surface area contributed by atoms with Crippen LogP contribution in [0.1, 0.15) is 17.0 Å². The maximum Gasteiger partial charge on any atom is 0.238 e. The Morgan fingerprint density at radius 1 is 1.50 bits per heavy atom. The Balaban J connectivity index is 2.52. The van der Waals surface area contributed by atoms with Gasteiger partial charge in [-0.1, -0.05) is 6.07 Å². The molecule has 0 amide bonds. The number of primary sulfonamides is 1. The predicted molar refractivity (Wildman–Crippen MR) is 49.9 cm³/mol. The first kappa shape index (κ1) is 9.19. The Morgan fingerprint density at radius 2 is 2.21 bits per heavy atom. The molecule has 1 aromatic rings. The molecule has 14 heavy (non-hydrogen) atoms. The largest absolute Gasteiger partial charge is 0.238 e. The van der Waals surface area contributed by atoms with Crippen LogP contribution in [0.5, 0.6) is 0 Å². The van der Waals surface area contributed by atoms with Crippen LogP contribution in [0, 0.1) is 11.3 Å². The van der Waals surface area contributed by atoms with E-state index in [0.29, 0.717) is 6.42 Å². The fourth-order valence-electron chi connectivity index (χ4n) is 1.57. The molecule has 1 aromatic carbocycles. The highest BCUT2D eigenvalue weighted by molar-refractivity contribution is 7.89. The molecular weight excluding hydrogens is 200 g/mol. The highest BCUT2D eigenvalue weighted by atomic mass is 32.2. The van der Waals surface area contributed by atoms with Gasteiger partial charge in [0, 0.05) is 0 Å². The molecule has 1 aliphatic rings. The second-order valence-corrected chi connectivity index (χ2v) is 4.85. The fraction of sp³-hybridized carbons (Fsp3) is 0.222. The number of sulfonamides is 1. The molecule has 4 nitrogen and oxygen atoms in total. The topological polar surface area (TPSA) is 83.9 Å². The highest BCUT2D eigenvalue weighted by Gasteiger charge is 2.27. The number of nitrogens with zero attached hydrogens (tertiary/aromatic N) is 1. The molecule has 0 aliphatic heterocycles. The van der Waals surface area contributed by atoms with Gasteiger partial charge in [-0.15, -0.1) is 0 Å². The molecule has 0 heterocycles. The van der Waals surface area contributed by atoms with Crippen molar-refractivity contribution in [2.45, 2.75) is 17.2 Å². The molecule has 1 atom stereocenters. The maximum atomic E-state index is 11.0. The van der Waals surface area contributed by atoms with Crippen molar-refractivity contribution in [3.63, 3.8) is 0 Å². The fourth-order valence-corrected chi connectivity index (χ4v) is 2.12. The Bertz CT molecular complexity index is 528. The molecule has 5 heteroatoms. The number of nitriles is 1. The number of fused-ring (bicyclic) bond motifs is 1. The lowest BCUT2D eigenvalue weighted by molar-refractivity contribution is 0.597. The van der Waals surface area contributed by atoms with Crippen LogP contribution in [0.3, 0.4) is 0 Å². The van der Waals surface area contributed by atoms with Crippen molar-refractivity contribution < 1.29 is 8.42 Å². The Labute approximate surface area is 82.0 Å². The molecule has 0 bridgehead atoms. The van der Waals surface area contributed by atoms with Crippen molar-refractivity contribution in [2.75, 3.05) is 0 Å². The Hall–Kier alpha value is -1.38. The third kappa shape index (κ3) is 1.29. The Kier molecular flexibility index (Phi) is 1.84. The van der Waals surface area contributed by atoms with Crippen LogP contribution in [-0.2, 0) is 16.4 Å². The summed E-state index contributed by atoms with van der Waals surface area (Å²) in [4.78, 5) is 0.0798. The lowest BCUT2D eigenvalue weighted by atomic mass is 9.79. The molecule has 2 rings (SSSR count). The van der Waals surface area contributed by atoms with Gasteiger partial charge < -0.3 is 0 Å². The Morgan fingerprint density at radius 3 is 2.79 bits per heavy atom. The normalized spacial score (nSPS) is 19.3. The number of hydrogen-bond acceptors (Lipinski definition) is 3. The van der Waals surface area contributed by atoms with Crippen LogP contribution in [-0.4, -0.2) is 8.42 Å². The maximum absolute atomic E-state index is 11.0.